The summed E-state index contributed by atoms with van der Waals surface area (Å²) in [5, 5.41) is 0. The largest absolute Gasteiger partial charge is 0.344 e. The zero-order valence-corrected chi connectivity index (χ0v) is 12.0. The third kappa shape index (κ3) is 3.12. The van der Waals surface area contributed by atoms with Gasteiger partial charge in [0.05, 0.1) is 11.7 Å². The molecule has 0 amide bonds. The van der Waals surface area contributed by atoms with Gasteiger partial charge in [0.2, 0.25) is 0 Å². The molecular formula is C15H26O3. The van der Waals surface area contributed by atoms with Gasteiger partial charge in [0.15, 0.2) is 5.79 Å². The number of rotatable bonds is 4. The van der Waals surface area contributed by atoms with Gasteiger partial charge in [-0.05, 0) is 46.5 Å². The molecule has 2 rings (SSSR count). The lowest BCUT2D eigenvalue weighted by molar-refractivity contribution is -0.203. The van der Waals surface area contributed by atoms with Crippen molar-refractivity contribution >= 4 is 5.78 Å². The number of ketones is 1. The lowest BCUT2D eigenvalue weighted by Crippen LogP contribution is -2.35. The van der Waals surface area contributed by atoms with Gasteiger partial charge in [-0.1, -0.05) is 6.42 Å². The molecule has 0 radical (unpaired) electrons. The van der Waals surface area contributed by atoms with Crippen LogP contribution in [0.1, 0.15) is 72.1 Å². The summed E-state index contributed by atoms with van der Waals surface area (Å²) in [7, 11) is 0. The molecule has 2 fully saturated rings. The van der Waals surface area contributed by atoms with E-state index in [-0.39, 0.29) is 23.3 Å². The molecule has 1 unspecified atom stereocenters. The third-order valence-corrected chi connectivity index (χ3v) is 4.19. The lowest BCUT2D eigenvalue weighted by atomic mass is 9.94. The quantitative estimate of drug-likeness (QED) is 0.769. The minimum absolute atomic E-state index is 0.134. The molecule has 0 aromatic heterocycles. The zero-order chi connectivity index (χ0) is 13.2. The number of hydrogen-bond acceptors (Lipinski definition) is 3. The number of carbonyl (C=O) groups excluding carboxylic acids is 1. The van der Waals surface area contributed by atoms with Crippen LogP contribution in [-0.2, 0) is 14.3 Å². The van der Waals surface area contributed by atoms with Crippen molar-refractivity contribution in [3.63, 3.8) is 0 Å². The molecule has 3 heteroatoms. The van der Waals surface area contributed by atoms with Gasteiger partial charge < -0.3 is 14.3 Å². The maximum Gasteiger partial charge on any atom is 0.169 e. The first-order valence-electron chi connectivity index (χ1n) is 7.31. The van der Waals surface area contributed by atoms with Gasteiger partial charge in [0, 0.05) is 19.3 Å². The number of hydrogen-bond donors (Lipinski definition) is 0. The average molecular weight is 254 g/mol. The summed E-state index contributed by atoms with van der Waals surface area (Å²) in [4.78, 5) is 11.0. The van der Waals surface area contributed by atoms with E-state index in [1.807, 2.05) is 0 Å². The second-order valence-electron chi connectivity index (χ2n) is 6.38. The highest BCUT2D eigenvalue weighted by atomic mass is 16.8. The summed E-state index contributed by atoms with van der Waals surface area (Å²) in [6.45, 7) is 5.89. The molecule has 1 aliphatic carbocycles. The normalized spacial score (nSPS) is 29.6. The smallest absolute Gasteiger partial charge is 0.169 e. The zero-order valence-electron chi connectivity index (χ0n) is 12.0. The molecule has 0 aromatic carbocycles. The monoisotopic (exact) mass is 254 g/mol. The molecule has 1 spiro atoms. The average Bonchev–Trinajstić information content (AvgIpc) is 2.50. The Hall–Kier alpha value is -0.410. The lowest BCUT2D eigenvalue weighted by Gasteiger charge is -2.32. The fourth-order valence-corrected chi connectivity index (χ4v) is 3.22. The Morgan fingerprint density at radius 3 is 2.50 bits per heavy atom. The van der Waals surface area contributed by atoms with Crippen LogP contribution in [0.5, 0.6) is 0 Å². The highest BCUT2D eigenvalue weighted by Gasteiger charge is 2.51. The predicted octanol–water partition coefficient (Wildman–Crippen LogP) is 3.60. The number of carbonyl (C=O) groups is 1. The summed E-state index contributed by atoms with van der Waals surface area (Å²) < 4.78 is 12.5. The standard InChI is InChI=1S/C15H26O3/c1-12(16)8-7-9-13-14(2,3)18-15(17-13)10-5-4-6-11-15/h13H,4-11H2,1-3H3. The van der Waals surface area contributed by atoms with Gasteiger partial charge in [-0.25, -0.2) is 0 Å². The molecule has 104 valence electrons. The Morgan fingerprint density at radius 1 is 1.22 bits per heavy atom. The molecule has 1 aliphatic heterocycles. The number of Topliss-reactive ketones (excluding diaryl/α,β-unsaturated/α-hetero) is 1. The first-order valence-corrected chi connectivity index (χ1v) is 7.31. The van der Waals surface area contributed by atoms with E-state index >= 15 is 0 Å². The van der Waals surface area contributed by atoms with E-state index in [4.69, 9.17) is 9.47 Å². The van der Waals surface area contributed by atoms with Gasteiger partial charge in [-0.2, -0.15) is 0 Å². The second kappa shape index (κ2) is 5.30. The fourth-order valence-electron chi connectivity index (χ4n) is 3.22. The van der Waals surface area contributed by atoms with Crippen molar-refractivity contribution in [1.29, 1.82) is 0 Å². The van der Waals surface area contributed by atoms with E-state index in [1.165, 1.54) is 19.3 Å². The molecule has 3 nitrogen and oxygen atoms in total. The van der Waals surface area contributed by atoms with Crippen LogP contribution < -0.4 is 0 Å². The van der Waals surface area contributed by atoms with E-state index in [2.05, 4.69) is 13.8 Å². The molecule has 18 heavy (non-hydrogen) atoms. The summed E-state index contributed by atoms with van der Waals surface area (Å²) in [5.41, 5.74) is -0.214. The highest BCUT2D eigenvalue weighted by molar-refractivity contribution is 5.75. The molecule has 0 N–H and O–H groups in total. The van der Waals surface area contributed by atoms with Crippen LogP contribution in [0.25, 0.3) is 0 Å². The van der Waals surface area contributed by atoms with Crippen molar-refractivity contribution in [2.45, 2.75) is 89.6 Å². The van der Waals surface area contributed by atoms with E-state index < -0.39 is 0 Å². The van der Waals surface area contributed by atoms with Crippen LogP contribution in [0.15, 0.2) is 0 Å². The molecule has 0 bridgehead atoms. The van der Waals surface area contributed by atoms with Crippen molar-refractivity contribution in [3.8, 4) is 0 Å². The molecule has 1 heterocycles. The van der Waals surface area contributed by atoms with E-state index in [0.717, 1.165) is 25.7 Å². The summed E-state index contributed by atoms with van der Waals surface area (Å²) >= 11 is 0. The van der Waals surface area contributed by atoms with E-state index in [0.29, 0.717) is 6.42 Å². The molecule has 1 saturated heterocycles. The van der Waals surface area contributed by atoms with Crippen LogP contribution >= 0.6 is 0 Å². The van der Waals surface area contributed by atoms with Crippen LogP contribution in [0.4, 0.5) is 0 Å². The SMILES string of the molecule is CC(=O)CCCC1OC2(CCCCC2)OC1(C)C. The van der Waals surface area contributed by atoms with Gasteiger partial charge in [0.1, 0.15) is 5.78 Å². The van der Waals surface area contributed by atoms with Crippen LogP contribution in [0.3, 0.4) is 0 Å². The van der Waals surface area contributed by atoms with Crippen LogP contribution in [-0.4, -0.2) is 23.3 Å². The molecule has 2 aliphatic rings. The highest BCUT2D eigenvalue weighted by Crippen LogP contribution is 2.46. The minimum Gasteiger partial charge on any atom is -0.344 e. The van der Waals surface area contributed by atoms with Crippen molar-refractivity contribution in [3.05, 3.63) is 0 Å². The minimum atomic E-state index is -0.317. The van der Waals surface area contributed by atoms with E-state index in [1.54, 1.807) is 6.92 Å². The second-order valence-corrected chi connectivity index (χ2v) is 6.38. The topological polar surface area (TPSA) is 35.5 Å². The Balaban J connectivity index is 1.92. The maximum atomic E-state index is 11.0. The van der Waals surface area contributed by atoms with Gasteiger partial charge >= 0.3 is 0 Å². The summed E-state index contributed by atoms with van der Waals surface area (Å²) in [6, 6.07) is 0. The van der Waals surface area contributed by atoms with E-state index in [9.17, 15) is 4.79 Å². The van der Waals surface area contributed by atoms with Gasteiger partial charge in [-0.15, -0.1) is 0 Å². The van der Waals surface area contributed by atoms with Crippen molar-refractivity contribution in [2.24, 2.45) is 0 Å². The molecule has 1 atom stereocenters. The molecule has 1 saturated carbocycles. The van der Waals surface area contributed by atoms with Gasteiger partial charge in [0.25, 0.3) is 0 Å². The van der Waals surface area contributed by atoms with Gasteiger partial charge in [-0.3, -0.25) is 0 Å². The fraction of sp³-hybridized carbons (Fsp3) is 0.933. The predicted molar refractivity (Wildman–Crippen MR) is 70.4 cm³/mol. The maximum absolute atomic E-state index is 11.0. The molecular weight excluding hydrogens is 228 g/mol. The number of ether oxygens (including phenoxy) is 2. The van der Waals surface area contributed by atoms with Crippen LogP contribution in [0.2, 0.25) is 0 Å². The Labute approximate surface area is 110 Å². The van der Waals surface area contributed by atoms with Crippen molar-refractivity contribution < 1.29 is 14.3 Å². The Kier molecular flexibility index (Phi) is 4.12. The Bertz CT molecular complexity index is 303. The van der Waals surface area contributed by atoms with Crippen LogP contribution in [0, 0.1) is 0 Å². The molecule has 0 aromatic rings. The first kappa shape index (κ1) is 14.0. The van der Waals surface area contributed by atoms with Crippen molar-refractivity contribution in [2.75, 3.05) is 0 Å². The first-order chi connectivity index (χ1) is 8.44. The van der Waals surface area contributed by atoms with Crippen molar-refractivity contribution in [1.82, 2.24) is 0 Å². The summed E-state index contributed by atoms with van der Waals surface area (Å²) in [6.07, 6.45) is 8.38. The third-order valence-electron chi connectivity index (χ3n) is 4.19. The Morgan fingerprint density at radius 2 is 1.89 bits per heavy atom. The summed E-state index contributed by atoms with van der Waals surface area (Å²) in [5.74, 6) is -0.0538.